The number of hydrogen-bond acceptors (Lipinski definition) is 16. The molecule has 4 aliphatic rings. The topological polar surface area (TPSA) is 237 Å². The van der Waals surface area contributed by atoms with Crippen LogP contribution in [-0.4, -0.2) is 113 Å². The van der Waals surface area contributed by atoms with Gasteiger partial charge in [0.1, 0.15) is 30.0 Å². The summed E-state index contributed by atoms with van der Waals surface area (Å²) in [6, 6.07) is 22.6. The van der Waals surface area contributed by atoms with E-state index in [1.165, 1.54) is 32.9 Å². The van der Waals surface area contributed by atoms with E-state index in [0.29, 0.717) is 5.56 Å². The van der Waals surface area contributed by atoms with Crippen LogP contribution in [0.3, 0.4) is 0 Å². The minimum atomic E-state index is -2.45. The number of ether oxygens (including phenoxy) is 7. The second-order valence-corrected chi connectivity index (χ2v) is 18.1. The van der Waals surface area contributed by atoms with E-state index in [1.807, 2.05) is 0 Å². The largest absolute Gasteiger partial charge is 0.509 e. The molecule has 17 nitrogen and oxygen atoms in total. The minimum absolute atomic E-state index is 0.0414. The second kappa shape index (κ2) is 18.7. The average Bonchev–Trinajstić information content (AvgIpc) is 3.29. The molecule has 3 fully saturated rings. The summed E-state index contributed by atoms with van der Waals surface area (Å²) in [6.07, 6.45) is -12.0. The van der Waals surface area contributed by atoms with Crippen LogP contribution < -0.4 is 5.32 Å². The van der Waals surface area contributed by atoms with Gasteiger partial charge in [-0.25, -0.2) is 14.4 Å². The Hall–Kier alpha value is -6.43. The van der Waals surface area contributed by atoms with Crippen molar-refractivity contribution in [3.63, 3.8) is 0 Å². The Kier molecular flexibility index (Phi) is 13.5. The van der Waals surface area contributed by atoms with Gasteiger partial charge in [-0.3, -0.25) is 19.2 Å². The molecule has 0 radical (unpaired) electrons. The summed E-state index contributed by atoms with van der Waals surface area (Å²) in [5.74, 6) is -7.04. The van der Waals surface area contributed by atoms with E-state index in [4.69, 9.17) is 33.2 Å². The van der Waals surface area contributed by atoms with Crippen LogP contribution in [0.2, 0.25) is 0 Å². The van der Waals surface area contributed by atoms with Crippen molar-refractivity contribution < 1.29 is 76.9 Å². The van der Waals surface area contributed by atoms with E-state index < -0.39 is 119 Å². The number of benzene rings is 3. The van der Waals surface area contributed by atoms with E-state index in [-0.39, 0.29) is 41.9 Å². The normalized spacial score (nSPS) is 30.2. The molecule has 3 aromatic rings. The number of carbonyl (C=O) groups excluding carboxylic acids is 7. The van der Waals surface area contributed by atoms with Gasteiger partial charge in [0.2, 0.25) is 6.10 Å². The molecule has 7 rings (SSSR count). The molecule has 67 heavy (non-hydrogen) atoms. The number of nitrogens with one attached hydrogen (secondary N) is 1. The molecule has 3 aliphatic carbocycles. The summed E-state index contributed by atoms with van der Waals surface area (Å²) in [6.45, 7) is 9.23. The summed E-state index contributed by atoms with van der Waals surface area (Å²) in [7, 11) is 0. The van der Waals surface area contributed by atoms with E-state index in [2.05, 4.69) is 5.32 Å². The summed E-state index contributed by atoms with van der Waals surface area (Å²) in [4.78, 5) is 98.1. The van der Waals surface area contributed by atoms with Gasteiger partial charge >= 0.3 is 30.0 Å². The first kappa shape index (κ1) is 48.5. The fourth-order valence-corrected chi connectivity index (χ4v) is 10.5. The van der Waals surface area contributed by atoms with Gasteiger partial charge in [-0.05, 0) is 61.7 Å². The number of Topliss-reactive ketones (excluding diaryl/α,β-unsaturated/α-hetero) is 1. The molecule has 2 saturated carbocycles. The van der Waals surface area contributed by atoms with Crippen molar-refractivity contribution in [1.82, 2.24) is 5.32 Å². The molecule has 3 aromatic carbocycles. The highest BCUT2D eigenvalue weighted by atomic mass is 16.7. The third-order valence-electron chi connectivity index (χ3n) is 13.9. The maximum Gasteiger partial charge on any atom is 0.509 e. The number of esters is 4. The number of aliphatic hydroxyl groups is 2. The predicted molar refractivity (Wildman–Crippen MR) is 234 cm³/mol. The first-order valence-electron chi connectivity index (χ1n) is 22.1. The average molecular weight is 928 g/mol. The van der Waals surface area contributed by atoms with Crippen LogP contribution in [0.25, 0.3) is 0 Å². The van der Waals surface area contributed by atoms with Crippen molar-refractivity contribution >= 4 is 41.7 Å². The quantitative estimate of drug-likeness (QED) is 0.124. The van der Waals surface area contributed by atoms with Gasteiger partial charge in [0, 0.05) is 37.7 Å². The third kappa shape index (κ3) is 8.59. The Labute approximate surface area is 387 Å². The lowest BCUT2D eigenvalue weighted by molar-refractivity contribution is -0.346. The van der Waals surface area contributed by atoms with Crippen molar-refractivity contribution in [3.8, 4) is 0 Å². The lowest BCUT2D eigenvalue weighted by Gasteiger charge is -2.67. The number of hydrogen-bond donors (Lipinski definition) is 3. The SMILES string of the molecule is CCOC(=O)O[C@@H](C(=O)O[C@H]1C[C@@]2(O)[C@@H](OC(=O)c3ccccc3)C3[C@](C)(C(=O)[C@H](OC(C)=O)C(=C1C)C2(C)C)[C@@H](O)C[C@H]1OC[C@@]31OC(C)=O)[C@@H](N[14C](=O)c1ccccc1)c1ccccc1. The molecule has 1 saturated heterocycles. The molecule has 1 heterocycles. The first-order chi connectivity index (χ1) is 31.7. The van der Waals surface area contributed by atoms with Gasteiger partial charge in [0.25, 0.3) is 5.91 Å². The van der Waals surface area contributed by atoms with Crippen LogP contribution in [0.4, 0.5) is 4.79 Å². The molecule has 1 unspecified atom stereocenters. The highest BCUT2D eigenvalue weighted by molar-refractivity contribution is 5.96. The number of ketones is 1. The summed E-state index contributed by atoms with van der Waals surface area (Å²) in [5.41, 5.74) is -7.41. The van der Waals surface area contributed by atoms with Crippen LogP contribution >= 0.6 is 0 Å². The monoisotopic (exact) mass is 927 g/mol. The van der Waals surface area contributed by atoms with Gasteiger partial charge in [0.15, 0.2) is 17.5 Å². The summed E-state index contributed by atoms with van der Waals surface area (Å²) < 4.78 is 41.4. The standard InChI is InChI=1S/C50H55NO16/c1-8-61-46(59)65-39(37(30-18-12-9-13-19-30)51-43(56)31-20-14-10-15-21-31)45(58)64-33-25-50(60)42(66-44(57)32-22-16-11-17-23-32)40-48(7,34(54)24-35-49(40,26-62-35)67-29(4)53)41(55)38(63-28(3)52)36(27(33)2)47(50,5)6/h9-23,33-35,37-40,42,54,60H,8,24-26H2,1-7H3,(H,51,56)/t33-,34-,35+,37-,38+,39+,40?,42-,48+,49-,50+/m0/s1/i43+2. The number of rotatable bonds is 12. The summed E-state index contributed by atoms with van der Waals surface area (Å²) in [5, 5.41) is 28.8. The van der Waals surface area contributed by atoms with Gasteiger partial charge in [0.05, 0.1) is 36.2 Å². The maximum absolute atomic E-state index is 15.6. The van der Waals surface area contributed by atoms with Crippen LogP contribution in [0.5, 0.6) is 0 Å². The lowest BCUT2D eigenvalue weighted by Crippen LogP contribution is -2.82. The van der Waals surface area contributed by atoms with E-state index in [1.54, 1.807) is 92.7 Å². The van der Waals surface area contributed by atoms with Crippen molar-refractivity contribution in [2.24, 2.45) is 16.7 Å². The third-order valence-corrected chi connectivity index (χ3v) is 13.9. The van der Waals surface area contributed by atoms with Crippen molar-refractivity contribution in [3.05, 3.63) is 119 Å². The number of aliphatic hydroxyl groups excluding tert-OH is 1. The summed E-state index contributed by atoms with van der Waals surface area (Å²) >= 11 is 0. The Bertz CT molecular complexity index is 2440. The molecule has 11 atom stereocenters. The molecule has 356 valence electrons. The zero-order chi connectivity index (χ0) is 48.6. The van der Waals surface area contributed by atoms with Gasteiger partial charge < -0.3 is 48.7 Å². The first-order valence-corrected chi connectivity index (χ1v) is 22.1. The molecule has 0 aromatic heterocycles. The highest BCUT2D eigenvalue weighted by Gasteiger charge is 2.78. The van der Waals surface area contributed by atoms with Crippen LogP contribution in [0, 0.1) is 16.7 Å². The van der Waals surface area contributed by atoms with E-state index in [9.17, 15) is 39.0 Å². The zero-order valence-corrected chi connectivity index (χ0v) is 38.2. The van der Waals surface area contributed by atoms with Crippen molar-refractivity contribution in [2.75, 3.05) is 13.2 Å². The van der Waals surface area contributed by atoms with Gasteiger partial charge in [-0.2, -0.15) is 0 Å². The number of amides is 1. The highest BCUT2D eigenvalue weighted by Crippen LogP contribution is 2.64. The molecular weight excluding hydrogens is 873 g/mol. The zero-order valence-electron chi connectivity index (χ0n) is 38.2. The maximum atomic E-state index is 15.6. The fraction of sp³-hybridized carbons (Fsp3) is 0.460. The van der Waals surface area contributed by atoms with E-state index >= 15 is 4.79 Å². The Morgan fingerprint density at radius 2 is 1.49 bits per heavy atom. The Morgan fingerprint density at radius 3 is 2.06 bits per heavy atom. The molecule has 2 bridgehead atoms. The molecule has 3 N–H and O–H groups in total. The smallest absolute Gasteiger partial charge is 0.455 e. The minimum Gasteiger partial charge on any atom is -0.455 e. The molecule has 17 heteroatoms. The van der Waals surface area contributed by atoms with Crippen LogP contribution in [0.15, 0.2) is 102 Å². The lowest BCUT2D eigenvalue weighted by atomic mass is 9.44. The Morgan fingerprint density at radius 1 is 0.881 bits per heavy atom. The molecule has 1 amide bonds. The van der Waals surface area contributed by atoms with Gasteiger partial charge in [-0.15, -0.1) is 0 Å². The Balaban J connectivity index is 1.42. The van der Waals surface area contributed by atoms with Crippen molar-refractivity contribution in [1.29, 1.82) is 0 Å². The number of carbonyl (C=O) groups is 7. The van der Waals surface area contributed by atoms with Crippen LogP contribution in [0.1, 0.15) is 93.6 Å². The predicted octanol–water partition coefficient (Wildman–Crippen LogP) is 4.92. The molecule has 0 spiro atoms. The number of fused-ring (bicyclic) bond motifs is 5. The van der Waals surface area contributed by atoms with Crippen molar-refractivity contribution in [2.45, 2.75) is 115 Å². The van der Waals surface area contributed by atoms with Crippen LogP contribution in [-0.2, 0) is 52.3 Å². The molecule has 1 aliphatic heterocycles. The fourth-order valence-electron chi connectivity index (χ4n) is 10.5. The second-order valence-electron chi connectivity index (χ2n) is 18.1. The van der Waals surface area contributed by atoms with Gasteiger partial charge in [-0.1, -0.05) is 80.6 Å². The van der Waals surface area contributed by atoms with E-state index in [0.717, 1.165) is 13.8 Å². The molecular formula is C50H55NO16.